The summed E-state index contributed by atoms with van der Waals surface area (Å²) in [7, 11) is -3.59. The Morgan fingerprint density at radius 3 is 2.24 bits per heavy atom. The number of sulfone groups is 1. The van der Waals surface area contributed by atoms with Crippen LogP contribution in [0.1, 0.15) is 11.7 Å². The molecule has 0 aliphatic rings. The van der Waals surface area contributed by atoms with Crippen LogP contribution in [0, 0.1) is 0 Å². The van der Waals surface area contributed by atoms with Gasteiger partial charge in [-0.15, -0.1) is 0 Å². The quantitative estimate of drug-likeness (QED) is 0.820. The smallest absolute Gasteiger partial charge is 0.181 e. The van der Waals surface area contributed by atoms with Gasteiger partial charge in [-0.1, -0.05) is 45.2 Å². The molecule has 0 bridgehead atoms. The van der Waals surface area contributed by atoms with E-state index in [9.17, 15) is 13.5 Å². The van der Waals surface area contributed by atoms with E-state index in [1.165, 1.54) is 24.3 Å². The van der Waals surface area contributed by atoms with Crippen molar-refractivity contribution in [2.24, 2.45) is 0 Å². The van der Waals surface area contributed by atoms with Gasteiger partial charge < -0.3 is 5.11 Å². The van der Waals surface area contributed by atoms with Gasteiger partial charge in [-0.3, -0.25) is 0 Å². The molecule has 0 unspecified atom stereocenters. The number of aliphatic hydroxyl groups is 1. The van der Waals surface area contributed by atoms with Gasteiger partial charge in [0.05, 0.1) is 26.8 Å². The molecule has 2 rings (SSSR count). The summed E-state index contributed by atoms with van der Waals surface area (Å²) in [6.45, 7) is 0. The molecule has 0 aliphatic heterocycles. The first-order valence-electron chi connectivity index (χ1n) is 5.91. The van der Waals surface area contributed by atoms with E-state index in [1.807, 2.05) is 0 Å². The number of rotatable bonds is 4. The maximum absolute atomic E-state index is 12.2. The van der Waals surface area contributed by atoms with Crippen LogP contribution in [-0.2, 0) is 9.84 Å². The normalized spacial score (nSPS) is 13.1. The third kappa shape index (κ3) is 4.20. The Morgan fingerprint density at radius 1 is 1.05 bits per heavy atom. The van der Waals surface area contributed by atoms with E-state index in [-0.39, 0.29) is 9.92 Å². The van der Waals surface area contributed by atoms with E-state index in [0.717, 1.165) is 4.47 Å². The van der Waals surface area contributed by atoms with Gasteiger partial charge in [0, 0.05) is 4.47 Å². The van der Waals surface area contributed by atoms with E-state index in [2.05, 4.69) is 15.9 Å². The van der Waals surface area contributed by atoms with Crippen molar-refractivity contribution in [3.63, 3.8) is 0 Å². The van der Waals surface area contributed by atoms with Crippen molar-refractivity contribution in [3.8, 4) is 0 Å². The summed E-state index contributed by atoms with van der Waals surface area (Å²) in [4.78, 5) is 0.157. The number of aliphatic hydroxyl groups excluding tert-OH is 1. The fourth-order valence-electron chi connectivity index (χ4n) is 1.76. The zero-order valence-corrected chi connectivity index (χ0v) is 14.5. The molecule has 21 heavy (non-hydrogen) atoms. The average molecular weight is 410 g/mol. The summed E-state index contributed by atoms with van der Waals surface area (Å²) in [5, 5.41) is 10.7. The first-order valence-corrected chi connectivity index (χ1v) is 9.11. The molecule has 0 aliphatic carbocycles. The molecule has 2 aromatic rings. The lowest BCUT2D eigenvalue weighted by Gasteiger charge is -2.12. The van der Waals surface area contributed by atoms with Crippen LogP contribution in [0.5, 0.6) is 0 Å². The number of hydrogen-bond donors (Lipinski definition) is 1. The first kappa shape index (κ1) is 16.8. The van der Waals surface area contributed by atoms with E-state index < -0.39 is 21.7 Å². The lowest BCUT2D eigenvalue weighted by atomic mass is 10.1. The van der Waals surface area contributed by atoms with Gasteiger partial charge in [-0.2, -0.15) is 0 Å². The minimum absolute atomic E-state index is 0.157. The Kier molecular flexibility index (Phi) is 5.33. The second kappa shape index (κ2) is 6.67. The van der Waals surface area contributed by atoms with Gasteiger partial charge in [-0.05, 0) is 42.0 Å². The van der Waals surface area contributed by atoms with Crippen molar-refractivity contribution in [3.05, 3.63) is 62.5 Å². The van der Waals surface area contributed by atoms with E-state index >= 15 is 0 Å². The molecule has 0 heterocycles. The fourth-order valence-corrected chi connectivity index (χ4v) is 3.68. The number of hydrogen-bond acceptors (Lipinski definition) is 3. The average Bonchev–Trinajstić information content (AvgIpc) is 2.41. The third-order valence-corrected chi connectivity index (χ3v) is 5.89. The van der Waals surface area contributed by atoms with Crippen molar-refractivity contribution >= 4 is 49.0 Å². The Morgan fingerprint density at radius 2 is 1.67 bits per heavy atom. The number of benzene rings is 2. The summed E-state index contributed by atoms with van der Waals surface area (Å²) in [5.41, 5.74) is 0.407. The monoisotopic (exact) mass is 408 g/mol. The SMILES string of the molecule is O=S(=O)(C[C@@H](O)c1ccc(Cl)c(Cl)c1)c1ccc(Br)cc1. The minimum atomic E-state index is -3.59. The lowest BCUT2D eigenvalue weighted by molar-refractivity contribution is 0.201. The second-order valence-corrected chi connectivity index (χ2v) is 8.19. The molecule has 0 saturated carbocycles. The molecule has 7 heteroatoms. The van der Waals surface area contributed by atoms with Crippen molar-refractivity contribution in [1.29, 1.82) is 0 Å². The predicted octanol–water partition coefficient (Wildman–Crippen LogP) is 4.26. The molecule has 3 nitrogen and oxygen atoms in total. The molecular formula is C14H11BrCl2O3S. The maximum Gasteiger partial charge on any atom is 0.181 e. The van der Waals surface area contributed by atoms with Gasteiger partial charge >= 0.3 is 0 Å². The predicted molar refractivity (Wildman–Crippen MR) is 87.6 cm³/mol. The lowest BCUT2D eigenvalue weighted by Crippen LogP contribution is -2.14. The molecule has 2 aromatic carbocycles. The zero-order chi connectivity index (χ0) is 15.6. The van der Waals surface area contributed by atoms with Crippen LogP contribution >= 0.6 is 39.1 Å². The van der Waals surface area contributed by atoms with E-state index in [0.29, 0.717) is 10.6 Å². The molecule has 112 valence electrons. The van der Waals surface area contributed by atoms with Crippen LogP contribution in [0.4, 0.5) is 0 Å². The summed E-state index contributed by atoms with van der Waals surface area (Å²) in [5.74, 6) is -0.424. The zero-order valence-electron chi connectivity index (χ0n) is 10.6. The van der Waals surface area contributed by atoms with Crippen molar-refractivity contribution in [2.75, 3.05) is 5.75 Å². The van der Waals surface area contributed by atoms with Gasteiger partial charge in [0.25, 0.3) is 0 Å². The molecular weight excluding hydrogens is 399 g/mol. The fraction of sp³-hybridized carbons (Fsp3) is 0.143. The number of halogens is 3. The molecule has 0 spiro atoms. The molecule has 0 amide bonds. The highest BCUT2D eigenvalue weighted by molar-refractivity contribution is 9.10. The van der Waals surface area contributed by atoms with E-state index in [4.69, 9.17) is 23.2 Å². The second-order valence-electron chi connectivity index (χ2n) is 4.42. The summed E-state index contributed by atoms with van der Waals surface area (Å²) in [6.07, 6.45) is -1.17. The Balaban J connectivity index is 2.23. The van der Waals surface area contributed by atoms with Crippen LogP contribution < -0.4 is 0 Å². The van der Waals surface area contributed by atoms with Crippen molar-refractivity contribution in [2.45, 2.75) is 11.0 Å². The van der Waals surface area contributed by atoms with Gasteiger partial charge in [0.2, 0.25) is 0 Å². The van der Waals surface area contributed by atoms with Crippen LogP contribution in [-0.4, -0.2) is 19.3 Å². The summed E-state index contributed by atoms with van der Waals surface area (Å²) < 4.78 is 25.3. The molecule has 0 saturated heterocycles. The largest absolute Gasteiger partial charge is 0.387 e. The van der Waals surface area contributed by atoms with Gasteiger partial charge in [-0.25, -0.2) is 8.42 Å². The first-order chi connectivity index (χ1) is 9.79. The highest BCUT2D eigenvalue weighted by Crippen LogP contribution is 2.27. The molecule has 0 fully saturated rings. The highest BCUT2D eigenvalue weighted by Gasteiger charge is 2.21. The Labute approximate surface area is 141 Å². The Bertz CT molecular complexity index is 745. The van der Waals surface area contributed by atoms with Gasteiger partial charge in [0.15, 0.2) is 9.84 Å². The van der Waals surface area contributed by atoms with E-state index in [1.54, 1.807) is 18.2 Å². The van der Waals surface area contributed by atoms with Crippen LogP contribution in [0.3, 0.4) is 0 Å². The Hall–Kier alpha value is -0.590. The molecule has 1 atom stereocenters. The van der Waals surface area contributed by atoms with Crippen LogP contribution in [0.25, 0.3) is 0 Å². The van der Waals surface area contributed by atoms with Crippen LogP contribution in [0.2, 0.25) is 10.0 Å². The highest BCUT2D eigenvalue weighted by atomic mass is 79.9. The van der Waals surface area contributed by atoms with Crippen molar-refractivity contribution < 1.29 is 13.5 Å². The van der Waals surface area contributed by atoms with Crippen LogP contribution in [0.15, 0.2) is 51.8 Å². The van der Waals surface area contributed by atoms with Crippen molar-refractivity contribution in [1.82, 2.24) is 0 Å². The standard InChI is InChI=1S/C14H11BrCl2O3S/c15-10-2-4-11(5-3-10)21(19,20)8-14(18)9-1-6-12(16)13(17)7-9/h1-7,14,18H,8H2/t14-/m1/s1. The summed E-state index contributed by atoms with van der Waals surface area (Å²) >= 11 is 14.9. The summed E-state index contributed by atoms with van der Waals surface area (Å²) in [6, 6.07) is 10.8. The van der Waals surface area contributed by atoms with Gasteiger partial charge in [0.1, 0.15) is 0 Å². The minimum Gasteiger partial charge on any atom is -0.387 e. The molecule has 0 radical (unpaired) electrons. The topological polar surface area (TPSA) is 54.4 Å². The molecule has 0 aromatic heterocycles. The molecule has 1 N–H and O–H groups in total. The third-order valence-electron chi connectivity index (χ3n) is 2.88. The maximum atomic E-state index is 12.2.